The lowest BCUT2D eigenvalue weighted by molar-refractivity contribution is 0.111. The molecule has 0 saturated carbocycles. The second-order valence-corrected chi connectivity index (χ2v) is 4.67. The highest BCUT2D eigenvalue weighted by Crippen LogP contribution is 2.24. The van der Waals surface area contributed by atoms with Crippen LogP contribution in [0, 0.1) is 0 Å². The maximum Gasteiger partial charge on any atom is 0.207 e. The summed E-state index contributed by atoms with van der Waals surface area (Å²) >= 11 is 6.20. The summed E-state index contributed by atoms with van der Waals surface area (Å²) in [6, 6.07) is 0. The molecular formula is C12H18ClN3O2. The SMILES string of the molecule is CCCCn1c(N2CCOCC2)nc(C=O)c1Cl. The number of nitrogens with zero attached hydrogens (tertiary/aromatic N) is 3. The molecule has 1 aliphatic rings. The molecule has 0 atom stereocenters. The van der Waals surface area contributed by atoms with E-state index in [9.17, 15) is 4.79 Å². The molecule has 0 aliphatic carbocycles. The number of imidazole rings is 1. The Labute approximate surface area is 112 Å². The lowest BCUT2D eigenvalue weighted by atomic mass is 10.3. The van der Waals surface area contributed by atoms with Crippen molar-refractivity contribution in [1.82, 2.24) is 9.55 Å². The first-order chi connectivity index (χ1) is 8.77. The van der Waals surface area contributed by atoms with Gasteiger partial charge in [-0.05, 0) is 6.42 Å². The zero-order chi connectivity index (χ0) is 13.0. The van der Waals surface area contributed by atoms with Gasteiger partial charge < -0.3 is 14.2 Å². The molecule has 0 amide bonds. The van der Waals surface area contributed by atoms with E-state index < -0.39 is 0 Å². The molecule has 1 saturated heterocycles. The van der Waals surface area contributed by atoms with Crippen LogP contribution in [0.3, 0.4) is 0 Å². The van der Waals surface area contributed by atoms with Crippen LogP contribution in [0.15, 0.2) is 0 Å². The molecular weight excluding hydrogens is 254 g/mol. The molecule has 100 valence electrons. The molecule has 2 heterocycles. The molecule has 0 spiro atoms. The monoisotopic (exact) mass is 271 g/mol. The average Bonchev–Trinajstić information content (AvgIpc) is 2.74. The zero-order valence-electron chi connectivity index (χ0n) is 10.6. The molecule has 1 fully saturated rings. The van der Waals surface area contributed by atoms with E-state index in [0.717, 1.165) is 38.4 Å². The van der Waals surface area contributed by atoms with Gasteiger partial charge in [-0.15, -0.1) is 0 Å². The van der Waals surface area contributed by atoms with Crippen LogP contribution in [-0.4, -0.2) is 42.1 Å². The fraction of sp³-hybridized carbons (Fsp3) is 0.667. The Kier molecular flexibility index (Phi) is 4.60. The van der Waals surface area contributed by atoms with Gasteiger partial charge in [-0.1, -0.05) is 24.9 Å². The lowest BCUT2D eigenvalue weighted by Crippen LogP contribution is -2.38. The van der Waals surface area contributed by atoms with Gasteiger partial charge in [0.1, 0.15) is 10.8 Å². The number of halogens is 1. The number of morpholine rings is 1. The number of aldehydes is 1. The molecule has 0 bridgehead atoms. The Hall–Kier alpha value is -1.07. The average molecular weight is 272 g/mol. The van der Waals surface area contributed by atoms with Crippen molar-refractivity contribution in [3.8, 4) is 0 Å². The van der Waals surface area contributed by atoms with E-state index in [1.54, 1.807) is 0 Å². The van der Waals surface area contributed by atoms with Crippen LogP contribution in [0.25, 0.3) is 0 Å². The molecule has 6 heteroatoms. The fourth-order valence-electron chi connectivity index (χ4n) is 2.03. The topological polar surface area (TPSA) is 47.4 Å². The highest BCUT2D eigenvalue weighted by molar-refractivity contribution is 6.32. The van der Waals surface area contributed by atoms with E-state index >= 15 is 0 Å². The summed E-state index contributed by atoms with van der Waals surface area (Å²) in [5.74, 6) is 0.791. The molecule has 0 unspecified atom stereocenters. The summed E-state index contributed by atoms with van der Waals surface area (Å²) in [7, 11) is 0. The van der Waals surface area contributed by atoms with Crippen molar-refractivity contribution in [2.75, 3.05) is 31.2 Å². The first-order valence-electron chi connectivity index (χ1n) is 6.31. The predicted octanol–water partition coefficient (Wildman–Crippen LogP) is 1.99. The summed E-state index contributed by atoms with van der Waals surface area (Å²) in [5.41, 5.74) is 0.328. The maximum atomic E-state index is 10.9. The van der Waals surface area contributed by atoms with Gasteiger partial charge in [0.25, 0.3) is 0 Å². The summed E-state index contributed by atoms with van der Waals surface area (Å²) in [5, 5.41) is 0.444. The van der Waals surface area contributed by atoms with Crippen LogP contribution in [-0.2, 0) is 11.3 Å². The van der Waals surface area contributed by atoms with Gasteiger partial charge in [0.2, 0.25) is 5.95 Å². The quantitative estimate of drug-likeness (QED) is 0.769. The number of hydrogen-bond acceptors (Lipinski definition) is 4. The molecule has 0 aromatic carbocycles. The summed E-state index contributed by atoms with van der Waals surface area (Å²) < 4.78 is 7.26. The first kappa shape index (κ1) is 13.4. The number of unbranched alkanes of at least 4 members (excludes halogenated alkanes) is 1. The highest BCUT2D eigenvalue weighted by Gasteiger charge is 2.21. The van der Waals surface area contributed by atoms with Gasteiger partial charge in [0.15, 0.2) is 6.29 Å². The number of ether oxygens (including phenoxy) is 1. The molecule has 1 aromatic rings. The van der Waals surface area contributed by atoms with Gasteiger partial charge in [0.05, 0.1) is 13.2 Å². The van der Waals surface area contributed by atoms with Crippen LogP contribution in [0.4, 0.5) is 5.95 Å². The molecule has 2 rings (SSSR count). The number of anilines is 1. The van der Waals surface area contributed by atoms with Crippen molar-refractivity contribution < 1.29 is 9.53 Å². The smallest absolute Gasteiger partial charge is 0.207 e. The second-order valence-electron chi connectivity index (χ2n) is 4.31. The Morgan fingerprint density at radius 1 is 1.44 bits per heavy atom. The molecule has 0 radical (unpaired) electrons. The molecule has 18 heavy (non-hydrogen) atoms. The van der Waals surface area contributed by atoms with E-state index in [1.807, 2.05) is 4.57 Å². The van der Waals surface area contributed by atoms with Crippen molar-refractivity contribution in [1.29, 1.82) is 0 Å². The summed E-state index contributed by atoms with van der Waals surface area (Å²) in [6.07, 6.45) is 2.81. The van der Waals surface area contributed by atoms with Crippen molar-refractivity contribution >= 4 is 23.8 Å². The van der Waals surface area contributed by atoms with E-state index in [1.165, 1.54) is 0 Å². The number of hydrogen-bond donors (Lipinski definition) is 0. The molecule has 5 nitrogen and oxygen atoms in total. The normalized spacial score (nSPS) is 16.0. The standard InChI is InChI=1S/C12H18ClN3O2/c1-2-3-4-16-11(13)10(9-17)14-12(16)15-5-7-18-8-6-15/h9H,2-8H2,1H3. The third-order valence-electron chi connectivity index (χ3n) is 3.05. The number of aromatic nitrogens is 2. The fourth-order valence-corrected chi connectivity index (χ4v) is 2.28. The Balaban J connectivity index is 2.28. The minimum atomic E-state index is 0.328. The predicted molar refractivity (Wildman–Crippen MR) is 70.6 cm³/mol. The Morgan fingerprint density at radius 2 is 2.17 bits per heavy atom. The summed E-state index contributed by atoms with van der Waals surface area (Å²) in [6.45, 7) is 5.88. The Morgan fingerprint density at radius 3 is 2.78 bits per heavy atom. The van der Waals surface area contributed by atoms with Crippen molar-refractivity contribution in [3.05, 3.63) is 10.8 Å². The van der Waals surface area contributed by atoms with Crippen LogP contribution in [0.1, 0.15) is 30.3 Å². The van der Waals surface area contributed by atoms with Crippen LogP contribution < -0.4 is 4.90 Å². The van der Waals surface area contributed by atoms with Crippen LogP contribution >= 0.6 is 11.6 Å². The molecule has 1 aromatic heterocycles. The Bertz CT molecular complexity index is 414. The minimum absolute atomic E-state index is 0.328. The van der Waals surface area contributed by atoms with Gasteiger partial charge in [-0.2, -0.15) is 0 Å². The van der Waals surface area contributed by atoms with Crippen molar-refractivity contribution in [2.24, 2.45) is 0 Å². The van der Waals surface area contributed by atoms with Crippen molar-refractivity contribution in [2.45, 2.75) is 26.3 Å². The van der Waals surface area contributed by atoms with Crippen LogP contribution in [0.5, 0.6) is 0 Å². The van der Waals surface area contributed by atoms with E-state index in [4.69, 9.17) is 16.3 Å². The van der Waals surface area contributed by atoms with Crippen LogP contribution in [0.2, 0.25) is 5.15 Å². The van der Waals surface area contributed by atoms with E-state index in [-0.39, 0.29) is 0 Å². The number of rotatable bonds is 5. The number of carbonyl (C=O) groups is 1. The largest absolute Gasteiger partial charge is 0.378 e. The lowest BCUT2D eigenvalue weighted by Gasteiger charge is -2.28. The third-order valence-corrected chi connectivity index (χ3v) is 3.45. The van der Waals surface area contributed by atoms with Gasteiger partial charge in [-0.3, -0.25) is 4.79 Å². The van der Waals surface area contributed by atoms with Gasteiger partial charge >= 0.3 is 0 Å². The maximum absolute atomic E-state index is 10.9. The summed E-state index contributed by atoms with van der Waals surface area (Å²) in [4.78, 5) is 17.4. The van der Waals surface area contributed by atoms with Gasteiger partial charge in [-0.25, -0.2) is 4.98 Å². The molecule has 1 aliphatic heterocycles. The minimum Gasteiger partial charge on any atom is -0.378 e. The third kappa shape index (κ3) is 2.67. The zero-order valence-corrected chi connectivity index (χ0v) is 11.3. The van der Waals surface area contributed by atoms with Gasteiger partial charge in [0, 0.05) is 19.6 Å². The highest BCUT2D eigenvalue weighted by atomic mass is 35.5. The molecule has 0 N–H and O–H groups in total. The van der Waals surface area contributed by atoms with Crippen molar-refractivity contribution in [3.63, 3.8) is 0 Å². The van der Waals surface area contributed by atoms with E-state index in [2.05, 4.69) is 16.8 Å². The number of carbonyl (C=O) groups excluding carboxylic acids is 1. The first-order valence-corrected chi connectivity index (χ1v) is 6.69. The second kappa shape index (κ2) is 6.20. The van der Waals surface area contributed by atoms with E-state index in [0.29, 0.717) is 30.3 Å².